The second-order valence-electron chi connectivity index (χ2n) is 7.92. The molecule has 3 rings (SSSR count). The molecule has 0 atom stereocenters. The summed E-state index contributed by atoms with van der Waals surface area (Å²) in [5, 5.41) is 3.71. The molecule has 0 saturated heterocycles. The predicted octanol–water partition coefficient (Wildman–Crippen LogP) is 5.54. The number of rotatable bonds is 5. The van der Waals surface area contributed by atoms with E-state index < -0.39 is 23.3 Å². The lowest BCUT2D eigenvalue weighted by Crippen LogP contribution is -2.22. The van der Waals surface area contributed by atoms with Gasteiger partial charge in [0.25, 0.3) is 5.91 Å². The van der Waals surface area contributed by atoms with Gasteiger partial charge in [-0.2, -0.15) is 0 Å². The number of halogens is 1. The second kappa shape index (κ2) is 8.92. The quantitative estimate of drug-likeness (QED) is 0.336. The Labute approximate surface area is 180 Å². The van der Waals surface area contributed by atoms with Crippen LogP contribution in [0.2, 0.25) is 0 Å². The van der Waals surface area contributed by atoms with Crippen molar-refractivity contribution in [3.8, 4) is 0 Å². The van der Waals surface area contributed by atoms with Crippen LogP contribution in [0.25, 0.3) is 16.5 Å². The highest BCUT2D eigenvalue weighted by atomic mass is 19.1. The number of allylic oxidation sites excluding steroid dienone is 2. The Hall–Kier alpha value is -3.80. The van der Waals surface area contributed by atoms with E-state index in [1.54, 1.807) is 33.0 Å². The van der Waals surface area contributed by atoms with Gasteiger partial charge in [0.1, 0.15) is 11.4 Å². The number of hydrogen-bond donors (Lipinski definition) is 1. The van der Waals surface area contributed by atoms with Crippen molar-refractivity contribution in [2.45, 2.75) is 26.4 Å². The minimum atomic E-state index is -0.640. The summed E-state index contributed by atoms with van der Waals surface area (Å²) in [6.45, 7) is 9.14. The van der Waals surface area contributed by atoms with Crippen LogP contribution in [0, 0.1) is 5.82 Å². The van der Waals surface area contributed by atoms with E-state index in [0.29, 0.717) is 16.8 Å². The molecular weight excluding hydrogens is 395 g/mol. The Bertz CT molecular complexity index is 1190. The molecule has 0 radical (unpaired) electrons. The average Bonchev–Trinajstić information content (AvgIpc) is 2.71. The van der Waals surface area contributed by atoms with Crippen LogP contribution < -0.4 is 5.32 Å². The number of pyridine rings is 1. The van der Waals surface area contributed by atoms with Gasteiger partial charge >= 0.3 is 5.97 Å². The summed E-state index contributed by atoms with van der Waals surface area (Å²) in [6.07, 6.45) is 4.25. The standard InChI is InChI=1S/C25H23FN2O3/c1-16(10-13-22(29)31-25(2,3)4)20-15-18(26)11-12-19(20)24(30)28-21-9-5-7-17-8-6-14-27-23(17)21/h5-15H,1H2,2-4H3,(H,28,30)/b13-10+. The normalized spacial score (nSPS) is 11.5. The Kier molecular flexibility index (Phi) is 6.30. The van der Waals surface area contributed by atoms with E-state index in [9.17, 15) is 14.0 Å². The number of esters is 1. The number of anilines is 1. The highest BCUT2D eigenvalue weighted by Crippen LogP contribution is 2.25. The van der Waals surface area contributed by atoms with Crippen LogP contribution in [-0.2, 0) is 9.53 Å². The number of nitrogens with one attached hydrogen (secondary N) is 1. The summed E-state index contributed by atoms with van der Waals surface area (Å²) in [4.78, 5) is 29.3. The first-order valence-corrected chi connectivity index (χ1v) is 9.69. The molecule has 0 unspecified atom stereocenters. The molecule has 31 heavy (non-hydrogen) atoms. The number of para-hydroxylation sites is 1. The minimum Gasteiger partial charge on any atom is -0.457 e. The molecule has 3 aromatic rings. The number of ether oxygens (including phenoxy) is 1. The van der Waals surface area contributed by atoms with Crippen LogP contribution in [0.1, 0.15) is 36.7 Å². The van der Waals surface area contributed by atoms with Crippen LogP contribution in [0.5, 0.6) is 0 Å². The zero-order valence-electron chi connectivity index (χ0n) is 17.6. The van der Waals surface area contributed by atoms with E-state index in [4.69, 9.17) is 4.74 Å². The van der Waals surface area contributed by atoms with E-state index in [2.05, 4.69) is 16.9 Å². The van der Waals surface area contributed by atoms with Crippen molar-refractivity contribution >= 4 is 34.0 Å². The molecular formula is C25H23FN2O3. The first-order valence-electron chi connectivity index (χ1n) is 9.69. The van der Waals surface area contributed by atoms with E-state index in [0.717, 1.165) is 5.39 Å². The Morgan fingerprint density at radius 2 is 1.81 bits per heavy atom. The van der Waals surface area contributed by atoms with Crippen molar-refractivity contribution in [1.82, 2.24) is 4.98 Å². The van der Waals surface area contributed by atoms with Gasteiger partial charge in [-0.25, -0.2) is 9.18 Å². The molecule has 1 N–H and O–H groups in total. The SMILES string of the molecule is C=C(/C=C/C(=O)OC(C)(C)C)c1cc(F)ccc1C(=O)Nc1cccc2cccnc12. The minimum absolute atomic E-state index is 0.216. The number of nitrogens with zero attached hydrogens (tertiary/aromatic N) is 1. The van der Waals surface area contributed by atoms with Crippen LogP contribution >= 0.6 is 0 Å². The predicted molar refractivity (Wildman–Crippen MR) is 120 cm³/mol. The molecule has 0 aliphatic heterocycles. The average molecular weight is 418 g/mol. The van der Waals surface area contributed by atoms with Crippen molar-refractivity contribution in [3.05, 3.63) is 90.4 Å². The third-order valence-corrected chi connectivity index (χ3v) is 4.28. The third-order valence-electron chi connectivity index (χ3n) is 4.28. The van der Waals surface area contributed by atoms with E-state index in [1.807, 2.05) is 24.3 Å². The number of benzene rings is 2. The molecule has 5 nitrogen and oxygen atoms in total. The molecule has 0 bridgehead atoms. The second-order valence-corrected chi connectivity index (χ2v) is 7.92. The van der Waals surface area contributed by atoms with Gasteiger partial charge in [0.15, 0.2) is 0 Å². The van der Waals surface area contributed by atoms with E-state index in [1.165, 1.54) is 30.4 Å². The van der Waals surface area contributed by atoms with Gasteiger partial charge in [-0.3, -0.25) is 9.78 Å². The fourth-order valence-electron chi connectivity index (χ4n) is 2.97. The Balaban J connectivity index is 1.88. The van der Waals surface area contributed by atoms with Gasteiger partial charge in [-0.15, -0.1) is 0 Å². The number of carbonyl (C=O) groups is 2. The maximum atomic E-state index is 13.9. The maximum Gasteiger partial charge on any atom is 0.331 e. The summed E-state index contributed by atoms with van der Waals surface area (Å²) in [6, 6.07) is 12.9. The molecule has 0 aliphatic rings. The molecule has 1 aromatic heterocycles. The van der Waals surface area contributed by atoms with Gasteiger partial charge < -0.3 is 10.1 Å². The van der Waals surface area contributed by atoms with Crippen molar-refractivity contribution in [3.63, 3.8) is 0 Å². The van der Waals surface area contributed by atoms with Crippen molar-refractivity contribution < 1.29 is 18.7 Å². The number of hydrogen-bond acceptors (Lipinski definition) is 4. The number of carbonyl (C=O) groups excluding carboxylic acids is 2. The molecule has 1 amide bonds. The van der Waals surface area contributed by atoms with Crippen LogP contribution in [0.4, 0.5) is 10.1 Å². The molecule has 0 aliphatic carbocycles. The van der Waals surface area contributed by atoms with Crippen LogP contribution in [-0.4, -0.2) is 22.5 Å². The fraction of sp³-hybridized carbons (Fsp3) is 0.160. The van der Waals surface area contributed by atoms with Crippen molar-refractivity contribution in [2.24, 2.45) is 0 Å². The number of amides is 1. The molecule has 0 fully saturated rings. The third kappa shape index (κ3) is 5.63. The zero-order chi connectivity index (χ0) is 22.6. The summed E-state index contributed by atoms with van der Waals surface area (Å²) < 4.78 is 19.1. The molecule has 0 saturated carbocycles. The largest absolute Gasteiger partial charge is 0.457 e. The highest BCUT2D eigenvalue weighted by Gasteiger charge is 2.17. The first kappa shape index (κ1) is 21.9. The molecule has 2 aromatic carbocycles. The first-order chi connectivity index (χ1) is 14.6. The van der Waals surface area contributed by atoms with E-state index >= 15 is 0 Å². The lowest BCUT2D eigenvalue weighted by Gasteiger charge is -2.18. The summed E-state index contributed by atoms with van der Waals surface area (Å²) in [5.41, 5.74) is 1.32. The molecule has 1 heterocycles. The maximum absolute atomic E-state index is 13.9. The molecule has 6 heteroatoms. The van der Waals surface area contributed by atoms with Crippen molar-refractivity contribution in [2.75, 3.05) is 5.32 Å². The Morgan fingerprint density at radius 3 is 2.55 bits per heavy atom. The molecule has 0 spiro atoms. The van der Waals surface area contributed by atoms with Gasteiger partial charge in [0.05, 0.1) is 11.2 Å². The molecule has 158 valence electrons. The summed E-state index contributed by atoms with van der Waals surface area (Å²) >= 11 is 0. The lowest BCUT2D eigenvalue weighted by atomic mass is 9.99. The van der Waals surface area contributed by atoms with Crippen LogP contribution in [0.15, 0.2) is 73.5 Å². The Morgan fingerprint density at radius 1 is 1.06 bits per heavy atom. The van der Waals surface area contributed by atoms with Crippen molar-refractivity contribution in [1.29, 1.82) is 0 Å². The van der Waals surface area contributed by atoms with Gasteiger partial charge in [-0.1, -0.05) is 24.8 Å². The lowest BCUT2D eigenvalue weighted by molar-refractivity contribution is -0.148. The van der Waals surface area contributed by atoms with Crippen LogP contribution in [0.3, 0.4) is 0 Å². The highest BCUT2D eigenvalue weighted by molar-refractivity contribution is 6.11. The van der Waals surface area contributed by atoms with E-state index in [-0.39, 0.29) is 11.1 Å². The zero-order valence-corrected chi connectivity index (χ0v) is 17.6. The number of fused-ring (bicyclic) bond motifs is 1. The smallest absolute Gasteiger partial charge is 0.331 e. The monoisotopic (exact) mass is 418 g/mol. The van der Waals surface area contributed by atoms with Gasteiger partial charge in [0, 0.05) is 23.2 Å². The van der Waals surface area contributed by atoms with Gasteiger partial charge in [-0.05, 0) is 68.3 Å². The summed E-state index contributed by atoms with van der Waals surface area (Å²) in [5.74, 6) is -1.52. The topological polar surface area (TPSA) is 68.3 Å². The summed E-state index contributed by atoms with van der Waals surface area (Å²) in [7, 11) is 0. The fourth-order valence-corrected chi connectivity index (χ4v) is 2.97. The number of aromatic nitrogens is 1. The van der Waals surface area contributed by atoms with Gasteiger partial charge in [0.2, 0.25) is 0 Å².